The van der Waals surface area contributed by atoms with E-state index in [1.165, 1.54) is 5.56 Å². The third-order valence-corrected chi connectivity index (χ3v) is 3.24. The van der Waals surface area contributed by atoms with Crippen molar-refractivity contribution >= 4 is 0 Å². The van der Waals surface area contributed by atoms with Gasteiger partial charge in [0.15, 0.2) is 0 Å². The van der Waals surface area contributed by atoms with Gasteiger partial charge in [-0.15, -0.1) is 0 Å². The molecule has 2 heteroatoms. The molecule has 19 heavy (non-hydrogen) atoms. The van der Waals surface area contributed by atoms with Gasteiger partial charge in [0, 0.05) is 6.54 Å². The minimum absolute atomic E-state index is 0.145. The molecule has 0 unspecified atom stereocenters. The Labute approximate surface area is 114 Å². The number of aryl methyl sites for hydroxylation is 1. The fraction of sp³-hybridized carbons (Fsp3) is 0.294. The molecule has 0 aromatic heterocycles. The number of hydrogen-bond donors (Lipinski definition) is 1. The molecule has 0 aliphatic carbocycles. The molecule has 0 radical (unpaired) electrons. The van der Waals surface area contributed by atoms with Gasteiger partial charge in [-0.1, -0.05) is 43.3 Å². The van der Waals surface area contributed by atoms with E-state index in [0.717, 1.165) is 30.6 Å². The van der Waals surface area contributed by atoms with Crippen LogP contribution in [0.5, 0.6) is 0 Å². The molecule has 0 bridgehead atoms. The molecule has 0 saturated heterocycles. The third kappa shape index (κ3) is 3.42. The Morgan fingerprint density at radius 1 is 1.11 bits per heavy atom. The Bertz CT molecular complexity index is 549. The molecule has 0 atom stereocenters. The lowest BCUT2D eigenvalue weighted by atomic mass is 9.98. The maximum atomic E-state index is 13.7. The summed E-state index contributed by atoms with van der Waals surface area (Å²) < 4.78 is 13.7. The maximum Gasteiger partial charge on any atom is 0.126 e. The number of benzene rings is 2. The summed E-state index contributed by atoms with van der Waals surface area (Å²) in [6.07, 6.45) is 1.11. The van der Waals surface area contributed by atoms with Crippen LogP contribution in [0.3, 0.4) is 0 Å². The highest BCUT2D eigenvalue weighted by molar-refractivity contribution is 5.67. The molecular weight excluding hydrogens is 237 g/mol. The highest BCUT2D eigenvalue weighted by atomic mass is 19.1. The van der Waals surface area contributed by atoms with Crippen LogP contribution < -0.4 is 5.32 Å². The minimum Gasteiger partial charge on any atom is -0.313 e. The van der Waals surface area contributed by atoms with E-state index < -0.39 is 0 Å². The van der Waals surface area contributed by atoms with Crippen molar-refractivity contribution in [1.82, 2.24) is 5.32 Å². The van der Waals surface area contributed by atoms with E-state index >= 15 is 0 Å². The molecule has 0 fully saturated rings. The highest BCUT2D eigenvalue weighted by Crippen LogP contribution is 2.25. The van der Waals surface area contributed by atoms with Gasteiger partial charge in [-0.05, 0) is 48.2 Å². The van der Waals surface area contributed by atoms with Gasteiger partial charge in [0.05, 0.1) is 0 Å². The molecule has 1 N–H and O–H groups in total. The predicted molar refractivity (Wildman–Crippen MR) is 78.6 cm³/mol. The lowest BCUT2D eigenvalue weighted by Gasteiger charge is -2.11. The van der Waals surface area contributed by atoms with Crippen molar-refractivity contribution in [3.63, 3.8) is 0 Å². The molecule has 100 valence electrons. The van der Waals surface area contributed by atoms with Crippen molar-refractivity contribution in [2.75, 3.05) is 6.54 Å². The van der Waals surface area contributed by atoms with Crippen LogP contribution >= 0.6 is 0 Å². The first kappa shape index (κ1) is 13.8. The van der Waals surface area contributed by atoms with E-state index in [0.29, 0.717) is 5.56 Å². The standard InChI is InChI=1S/C17H20FN/c1-3-10-19-12-15-6-4-5-7-16(15)14-9-8-13(2)17(18)11-14/h4-9,11,19H,3,10,12H2,1-2H3. The predicted octanol–water partition coefficient (Wildman–Crippen LogP) is 4.30. The van der Waals surface area contributed by atoms with Gasteiger partial charge in [0.2, 0.25) is 0 Å². The van der Waals surface area contributed by atoms with Crippen molar-refractivity contribution in [3.8, 4) is 11.1 Å². The van der Waals surface area contributed by atoms with Gasteiger partial charge in [-0.2, -0.15) is 0 Å². The summed E-state index contributed by atoms with van der Waals surface area (Å²) in [7, 11) is 0. The molecule has 1 nitrogen and oxygen atoms in total. The van der Waals surface area contributed by atoms with Crippen LogP contribution in [0.15, 0.2) is 42.5 Å². The summed E-state index contributed by atoms with van der Waals surface area (Å²) in [6, 6.07) is 13.6. The van der Waals surface area contributed by atoms with Crippen molar-refractivity contribution in [3.05, 3.63) is 59.4 Å². The van der Waals surface area contributed by atoms with Crippen LogP contribution in [-0.4, -0.2) is 6.54 Å². The van der Waals surface area contributed by atoms with Crippen molar-refractivity contribution in [1.29, 1.82) is 0 Å². The zero-order valence-electron chi connectivity index (χ0n) is 11.5. The molecule has 0 spiro atoms. The highest BCUT2D eigenvalue weighted by Gasteiger charge is 2.06. The van der Waals surface area contributed by atoms with Crippen LogP contribution in [0.25, 0.3) is 11.1 Å². The summed E-state index contributed by atoms with van der Waals surface area (Å²) >= 11 is 0. The Morgan fingerprint density at radius 2 is 1.89 bits per heavy atom. The van der Waals surface area contributed by atoms with Crippen molar-refractivity contribution in [2.24, 2.45) is 0 Å². The average molecular weight is 257 g/mol. The van der Waals surface area contributed by atoms with Gasteiger partial charge in [-0.3, -0.25) is 0 Å². The summed E-state index contributed by atoms with van der Waals surface area (Å²) in [5.41, 5.74) is 3.94. The van der Waals surface area contributed by atoms with E-state index in [9.17, 15) is 4.39 Å². The first-order chi connectivity index (χ1) is 9.22. The maximum absolute atomic E-state index is 13.7. The number of nitrogens with one attached hydrogen (secondary N) is 1. The first-order valence-electron chi connectivity index (χ1n) is 6.77. The van der Waals surface area contributed by atoms with Crippen LogP contribution in [0.2, 0.25) is 0 Å². The average Bonchev–Trinajstić information content (AvgIpc) is 2.43. The molecule has 2 aromatic carbocycles. The first-order valence-corrected chi connectivity index (χ1v) is 6.77. The zero-order valence-corrected chi connectivity index (χ0v) is 11.5. The Morgan fingerprint density at radius 3 is 2.63 bits per heavy atom. The number of hydrogen-bond acceptors (Lipinski definition) is 1. The fourth-order valence-electron chi connectivity index (χ4n) is 2.12. The van der Waals surface area contributed by atoms with Gasteiger partial charge in [0.25, 0.3) is 0 Å². The van der Waals surface area contributed by atoms with E-state index in [1.807, 2.05) is 30.3 Å². The minimum atomic E-state index is -0.145. The summed E-state index contributed by atoms with van der Waals surface area (Å²) in [6.45, 7) is 5.75. The fourth-order valence-corrected chi connectivity index (χ4v) is 2.12. The summed E-state index contributed by atoms with van der Waals surface area (Å²) in [5, 5.41) is 3.39. The Balaban J connectivity index is 2.30. The Hall–Kier alpha value is -1.67. The van der Waals surface area contributed by atoms with E-state index in [1.54, 1.807) is 13.0 Å². The molecule has 0 aliphatic rings. The van der Waals surface area contributed by atoms with E-state index in [2.05, 4.69) is 18.3 Å². The molecule has 2 rings (SSSR count). The largest absolute Gasteiger partial charge is 0.313 e. The molecule has 0 amide bonds. The van der Waals surface area contributed by atoms with E-state index in [4.69, 9.17) is 0 Å². The topological polar surface area (TPSA) is 12.0 Å². The number of rotatable bonds is 5. The second-order valence-corrected chi connectivity index (χ2v) is 4.80. The van der Waals surface area contributed by atoms with E-state index in [-0.39, 0.29) is 5.82 Å². The summed E-state index contributed by atoms with van der Waals surface area (Å²) in [4.78, 5) is 0. The molecule has 0 heterocycles. The van der Waals surface area contributed by atoms with Crippen LogP contribution in [-0.2, 0) is 6.54 Å². The monoisotopic (exact) mass is 257 g/mol. The molecular formula is C17H20FN. The molecule has 0 saturated carbocycles. The van der Waals surface area contributed by atoms with Gasteiger partial charge >= 0.3 is 0 Å². The SMILES string of the molecule is CCCNCc1ccccc1-c1ccc(C)c(F)c1. The normalized spacial score (nSPS) is 10.7. The van der Waals surface area contributed by atoms with Crippen LogP contribution in [0.4, 0.5) is 4.39 Å². The second-order valence-electron chi connectivity index (χ2n) is 4.80. The summed E-state index contributed by atoms with van der Waals surface area (Å²) in [5.74, 6) is -0.145. The van der Waals surface area contributed by atoms with Gasteiger partial charge in [-0.25, -0.2) is 4.39 Å². The zero-order chi connectivity index (χ0) is 13.7. The lowest BCUT2D eigenvalue weighted by Crippen LogP contribution is -2.14. The quantitative estimate of drug-likeness (QED) is 0.787. The van der Waals surface area contributed by atoms with Crippen molar-refractivity contribution < 1.29 is 4.39 Å². The Kier molecular flexibility index (Phi) is 4.69. The molecule has 0 aliphatic heterocycles. The van der Waals surface area contributed by atoms with Gasteiger partial charge in [0.1, 0.15) is 5.82 Å². The third-order valence-electron chi connectivity index (χ3n) is 3.24. The molecule has 2 aromatic rings. The van der Waals surface area contributed by atoms with Gasteiger partial charge < -0.3 is 5.32 Å². The lowest BCUT2D eigenvalue weighted by molar-refractivity contribution is 0.619. The smallest absolute Gasteiger partial charge is 0.126 e. The van der Waals surface area contributed by atoms with Crippen LogP contribution in [0, 0.1) is 12.7 Å². The second kappa shape index (κ2) is 6.48. The van der Waals surface area contributed by atoms with Crippen molar-refractivity contribution in [2.45, 2.75) is 26.8 Å². The van der Waals surface area contributed by atoms with Crippen LogP contribution in [0.1, 0.15) is 24.5 Å². The number of halogens is 1.